The molecule has 9 heterocycles. The Hall–Kier alpha value is -9.44. The zero-order valence-electron chi connectivity index (χ0n) is 59.1. The van der Waals surface area contributed by atoms with Gasteiger partial charge in [0.1, 0.15) is 47.4 Å². The summed E-state index contributed by atoms with van der Waals surface area (Å²) in [6, 6.07) is 35.8. The number of hydrogen-bond acceptors (Lipinski definition) is 19. The molecule has 3 aromatic carbocycles. The number of thiocarbonyl (C=S) groups is 3. The van der Waals surface area contributed by atoms with Crippen LogP contribution in [0.3, 0.4) is 0 Å². The first kappa shape index (κ1) is 77.7. The van der Waals surface area contributed by atoms with Crippen LogP contribution < -0.4 is 32.6 Å². The number of amides is 3. The van der Waals surface area contributed by atoms with Crippen molar-refractivity contribution in [3.05, 3.63) is 240 Å². The van der Waals surface area contributed by atoms with Gasteiger partial charge in [0.25, 0.3) is 40.4 Å². The van der Waals surface area contributed by atoms with E-state index in [1.165, 1.54) is 65.2 Å². The summed E-state index contributed by atoms with van der Waals surface area (Å²) in [4.78, 5) is 109. The van der Waals surface area contributed by atoms with Gasteiger partial charge in [-0.15, -0.1) is 0 Å². The van der Waals surface area contributed by atoms with Crippen molar-refractivity contribution in [2.45, 2.75) is 127 Å². The minimum Gasteiger partial charge on any atom is -0.481 e. The molecule has 0 spiro atoms. The fourth-order valence-electron chi connectivity index (χ4n) is 10.8. The van der Waals surface area contributed by atoms with Crippen LogP contribution in [0.15, 0.2) is 157 Å². The average molecular weight is 1500 g/mol. The quantitative estimate of drug-likeness (QED) is 0.0386. The van der Waals surface area contributed by atoms with Crippen molar-refractivity contribution in [3.8, 4) is 0 Å². The molecule has 0 bridgehead atoms. The molecule has 0 unspecified atom stereocenters. The highest BCUT2D eigenvalue weighted by molar-refractivity contribution is 8.27. The molecule has 6 aromatic heterocycles. The lowest BCUT2D eigenvalue weighted by atomic mass is 10.1. The van der Waals surface area contributed by atoms with Gasteiger partial charge in [0.2, 0.25) is 0 Å². The van der Waals surface area contributed by atoms with Gasteiger partial charge in [-0.25, -0.2) is 15.0 Å². The van der Waals surface area contributed by atoms with E-state index in [1.807, 2.05) is 151 Å². The number of anilines is 3. The minimum atomic E-state index is -0.833. The molecule has 9 aromatic rings. The normalized spacial score (nSPS) is 14.8. The molecule has 0 radical (unpaired) electrons. The number of carbonyl (C=O) groups excluding carboxylic acids is 3. The molecule has 534 valence electrons. The second-order valence-electron chi connectivity index (χ2n) is 24.8. The second kappa shape index (κ2) is 36.1. The number of hydrogen-bond donors (Lipinski definition) is 4. The van der Waals surface area contributed by atoms with Crippen LogP contribution in [0.4, 0.5) is 17.5 Å². The second-order valence-corrected chi connectivity index (χ2v) is 29.8. The molecule has 3 amide bonds. The molecule has 26 heteroatoms. The predicted molar refractivity (Wildman–Crippen MR) is 432 cm³/mol. The number of nitrogens with one attached hydrogen (secondary N) is 3. The molecule has 12 rings (SSSR count). The Balaban J connectivity index is 0.000000175. The Morgan fingerprint density at radius 2 is 0.670 bits per heavy atom. The molecule has 20 nitrogen and oxygen atoms in total. The van der Waals surface area contributed by atoms with Crippen molar-refractivity contribution in [3.63, 3.8) is 0 Å². The van der Waals surface area contributed by atoms with Crippen LogP contribution in [0, 0.1) is 41.5 Å². The fraction of sp³-hybridized carbons (Fsp3) is 0.286. The predicted octanol–water partition coefficient (Wildman–Crippen LogP) is 14.9. The number of carbonyl (C=O) groups is 4. The molecule has 0 atom stereocenters. The van der Waals surface area contributed by atoms with Crippen LogP contribution in [-0.2, 0) is 38.8 Å². The van der Waals surface area contributed by atoms with Gasteiger partial charge in [-0.1, -0.05) is 220 Å². The topological polar surface area (TPSA) is 237 Å². The first-order valence-corrected chi connectivity index (χ1v) is 37.5. The molecule has 3 aliphatic heterocycles. The lowest BCUT2D eigenvalue weighted by Gasteiger charge is -2.13. The van der Waals surface area contributed by atoms with Crippen molar-refractivity contribution >= 4 is 161 Å². The van der Waals surface area contributed by atoms with Crippen LogP contribution in [-0.4, -0.2) is 104 Å². The average Bonchev–Trinajstić information content (AvgIpc) is 1.69. The summed E-state index contributed by atoms with van der Waals surface area (Å²) in [5, 5.41) is 17.4. The number of fused-ring (bicyclic) bond motifs is 3. The Morgan fingerprint density at radius 3 is 0.903 bits per heavy atom. The number of pyridine rings is 3. The fourth-order valence-corrected chi connectivity index (χ4v) is 14.7. The van der Waals surface area contributed by atoms with Gasteiger partial charge in [0.05, 0.1) is 31.4 Å². The van der Waals surface area contributed by atoms with E-state index in [4.69, 9.17) is 61.5 Å². The lowest BCUT2D eigenvalue weighted by Crippen LogP contribution is -2.29. The largest absolute Gasteiger partial charge is 0.481 e. The van der Waals surface area contributed by atoms with Gasteiger partial charge >= 0.3 is 0 Å². The number of unbranched alkanes of at least 4 members (excludes halogenated alkanes) is 3. The van der Waals surface area contributed by atoms with E-state index in [9.17, 15) is 28.8 Å². The molecular formula is C77H82N12O8S6. The summed E-state index contributed by atoms with van der Waals surface area (Å²) >= 11 is 20.0. The molecule has 4 N–H and O–H groups in total. The van der Waals surface area contributed by atoms with E-state index in [-0.39, 0.29) is 34.4 Å². The van der Waals surface area contributed by atoms with Crippen molar-refractivity contribution in [2.75, 3.05) is 35.6 Å². The highest BCUT2D eigenvalue weighted by Crippen LogP contribution is 2.36. The maximum Gasteiger partial charge on any atom is 0.300 e. The van der Waals surface area contributed by atoms with E-state index >= 15 is 0 Å². The standard InChI is InChI=1S/3C25H26N4O2S2.C2H4O2/c3*1-4-5-12-29-24(31)20(33-25(29)32)14-19-21(26-15-18-10-8-16(2)9-11-18)27-22-17(3)7-6-13-28(22)23(19)30;1-2(3)4/h3*6-11,13-14,26H,4-5,12,15H2,1-3H3;1H3,(H,3,4)/b3*20-14-;. The summed E-state index contributed by atoms with van der Waals surface area (Å²) in [6.07, 6.45) is 15.5. The molecule has 3 aliphatic rings. The summed E-state index contributed by atoms with van der Waals surface area (Å²) in [5.41, 5.74) is 11.6. The minimum absolute atomic E-state index is 0.156. The van der Waals surface area contributed by atoms with Crippen LogP contribution in [0.1, 0.15) is 133 Å². The van der Waals surface area contributed by atoms with E-state index < -0.39 is 5.97 Å². The third kappa shape index (κ3) is 19.4. The van der Waals surface area contributed by atoms with Gasteiger partial charge in [0, 0.05) is 64.8 Å². The smallest absolute Gasteiger partial charge is 0.300 e. The summed E-state index contributed by atoms with van der Waals surface area (Å²) in [6.45, 7) is 22.5. The van der Waals surface area contributed by atoms with Crippen LogP contribution in [0.25, 0.3) is 35.2 Å². The summed E-state index contributed by atoms with van der Waals surface area (Å²) < 4.78 is 6.15. The monoisotopic (exact) mass is 1490 g/mol. The van der Waals surface area contributed by atoms with Crippen LogP contribution in [0.2, 0.25) is 0 Å². The van der Waals surface area contributed by atoms with E-state index in [2.05, 4.69) is 36.7 Å². The Morgan fingerprint density at radius 1 is 0.427 bits per heavy atom. The number of aryl methyl sites for hydroxylation is 6. The summed E-state index contributed by atoms with van der Waals surface area (Å²) in [5.74, 6) is 0.0566. The molecule has 0 saturated carbocycles. The van der Waals surface area contributed by atoms with Gasteiger partial charge in [0.15, 0.2) is 0 Å². The first-order valence-electron chi connectivity index (χ1n) is 33.8. The number of thioether (sulfide) groups is 3. The maximum atomic E-state index is 13.5. The molecular weight excluding hydrogens is 1410 g/mol. The van der Waals surface area contributed by atoms with E-state index in [0.717, 1.165) is 78.8 Å². The van der Waals surface area contributed by atoms with E-state index in [0.29, 0.717) is 118 Å². The van der Waals surface area contributed by atoms with Crippen molar-refractivity contribution in [2.24, 2.45) is 0 Å². The molecule has 0 aliphatic carbocycles. The number of carboxylic acid groups (broad SMARTS) is 1. The van der Waals surface area contributed by atoms with Crippen molar-refractivity contribution in [1.29, 1.82) is 0 Å². The van der Waals surface area contributed by atoms with Crippen molar-refractivity contribution in [1.82, 2.24) is 42.9 Å². The zero-order chi connectivity index (χ0) is 74.2. The third-order valence-corrected chi connectivity index (χ3v) is 20.8. The van der Waals surface area contributed by atoms with Gasteiger partial charge in [-0.2, -0.15) is 0 Å². The highest BCUT2D eigenvalue weighted by atomic mass is 32.2. The number of benzene rings is 3. The zero-order valence-corrected chi connectivity index (χ0v) is 64.0. The Kier molecular flexibility index (Phi) is 27.3. The maximum absolute atomic E-state index is 13.5. The van der Waals surface area contributed by atoms with Gasteiger partial charge in [-0.05, 0) is 131 Å². The van der Waals surface area contributed by atoms with Crippen LogP contribution >= 0.6 is 71.9 Å². The number of nitrogens with zero attached hydrogens (tertiary/aromatic N) is 9. The first-order chi connectivity index (χ1) is 49.4. The highest BCUT2D eigenvalue weighted by Gasteiger charge is 2.35. The van der Waals surface area contributed by atoms with E-state index in [1.54, 1.807) is 51.5 Å². The number of carboxylic acids is 1. The number of aromatic nitrogens is 6. The lowest BCUT2D eigenvalue weighted by molar-refractivity contribution is -0.134. The molecule has 103 heavy (non-hydrogen) atoms. The van der Waals surface area contributed by atoms with Crippen molar-refractivity contribution < 1.29 is 24.3 Å². The Labute approximate surface area is 627 Å². The molecule has 3 fully saturated rings. The molecule has 3 saturated heterocycles. The van der Waals surface area contributed by atoms with Gasteiger partial charge < -0.3 is 21.1 Å². The third-order valence-electron chi connectivity index (χ3n) is 16.6. The number of rotatable bonds is 21. The SMILES string of the molecule is CC(=O)O.CCCCN1C(=O)/C(=C/c2c(NCc3ccc(C)cc3)nc3c(C)cccn3c2=O)SC1=S.CCCCN1C(=O)/C(=C/c2c(NCc3ccc(C)cc3)nc3c(C)cccn3c2=O)SC1=S.CCCCN1C(=O)/C(=C/c2c(NCc3ccc(C)cc3)nc3c(C)cccn3c2=O)SC1=S. The summed E-state index contributed by atoms with van der Waals surface area (Å²) in [7, 11) is 0. The Bertz CT molecular complexity index is 4540. The van der Waals surface area contributed by atoms with Gasteiger partial charge in [-0.3, -0.25) is 61.5 Å². The van der Waals surface area contributed by atoms with Crippen LogP contribution in [0.5, 0.6) is 0 Å². The number of aliphatic carboxylic acids is 1.